The predicted molar refractivity (Wildman–Crippen MR) is 45.5 cm³/mol. The van der Waals surface area contributed by atoms with Crippen LogP contribution in [-0.2, 0) is 9.53 Å². The van der Waals surface area contributed by atoms with Gasteiger partial charge in [0.05, 0.1) is 6.61 Å². The first-order valence-electron chi connectivity index (χ1n) is 3.21. The predicted octanol–water partition coefficient (Wildman–Crippen LogP) is 0.332. The average molecular weight is 186 g/mol. The molecule has 0 spiro atoms. The zero-order valence-electron chi connectivity index (χ0n) is 8.58. The summed E-state index contributed by atoms with van der Waals surface area (Å²) >= 11 is 0. The maximum Gasteiger partial charge on any atom is 2.00 e. The number of carbonyl (C=O) groups excluding carboxylic acids is 1. The van der Waals surface area contributed by atoms with Gasteiger partial charge in [0.25, 0.3) is 0 Å². The summed E-state index contributed by atoms with van der Waals surface area (Å²) < 4.78 is 4.63. The van der Waals surface area contributed by atoms with Crippen molar-refractivity contribution in [2.24, 2.45) is 0 Å². The molecule has 0 heterocycles. The minimum Gasteiger partial charge on any atom is -1.00 e. The molecule has 4 heteroatoms. The van der Waals surface area contributed by atoms with Crippen molar-refractivity contribution in [3.8, 4) is 0 Å². The van der Waals surface area contributed by atoms with E-state index < -0.39 is 5.97 Å². The summed E-state index contributed by atoms with van der Waals surface area (Å²) in [7, 11) is 0. The van der Waals surface area contributed by atoms with Crippen LogP contribution in [-0.4, -0.2) is 62.0 Å². The monoisotopic (exact) mass is 186 g/mol. The second-order valence-corrected chi connectivity index (χ2v) is 1.80. The largest absolute Gasteiger partial charge is 2.00 e. The van der Waals surface area contributed by atoms with Crippen LogP contribution in [0.2, 0.25) is 0 Å². The first-order valence-corrected chi connectivity index (χ1v) is 3.21. The van der Waals surface area contributed by atoms with Crippen molar-refractivity contribution in [3.05, 3.63) is 12.7 Å². The van der Waals surface area contributed by atoms with Gasteiger partial charge in [-0.05, 0) is 12.8 Å². The van der Waals surface area contributed by atoms with Gasteiger partial charge in [-0.25, -0.2) is 4.79 Å². The number of esters is 1. The number of rotatable bonds is 5. The maximum absolute atomic E-state index is 10.4. The molecule has 62 valence electrons. The van der Waals surface area contributed by atoms with Crippen molar-refractivity contribution < 1.29 is 17.5 Å². The van der Waals surface area contributed by atoms with Gasteiger partial charge in [-0.15, -0.1) is 0 Å². The molecule has 0 radical (unpaired) electrons. The van der Waals surface area contributed by atoms with Crippen LogP contribution in [0.15, 0.2) is 12.7 Å². The summed E-state index contributed by atoms with van der Waals surface area (Å²) in [5.41, 5.74) is 0. The zero-order valence-corrected chi connectivity index (χ0v) is 8.79. The summed E-state index contributed by atoms with van der Waals surface area (Å²) in [6.45, 7) is 3.75. The SMILES string of the molecule is C=CC(=O)OCCCCO.[Ca+2].[H-].[H-]. The Hall–Kier alpha value is 0.430. The Kier molecular flexibility index (Phi) is 13.3. The number of aliphatic hydroxyl groups is 1. The molecular weight excluding hydrogens is 172 g/mol. The molecule has 0 amide bonds. The summed E-state index contributed by atoms with van der Waals surface area (Å²) in [6, 6.07) is 0. The minimum atomic E-state index is -0.405. The quantitative estimate of drug-likeness (QED) is 0.291. The van der Waals surface area contributed by atoms with Gasteiger partial charge >= 0.3 is 43.7 Å². The van der Waals surface area contributed by atoms with Crippen molar-refractivity contribution in [2.75, 3.05) is 13.2 Å². The number of hydrogen-bond acceptors (Lipinski definition) is 3. The topological polar surface area (TPSA) is 46.5 Å². The molecule has 0 fully saturated rings. The molecule has 0 unspecified atom stereocenters. The van der Waals surface area contributed by atoms with E-state index in [1.54, 1.807) is 0 Å². The molecule has 0 aliphatic rings. The molecule has 1 N–H and O–H groups in total. The smallest absolute Gasteiger partial charge is 1.00 e. The van der Waals surface area contributed by atoms with E-state index in [1.165, 1.54) is 0 Å². The Morgan fingerprint density at radius 1 is 1.64 bits per heavy atom. The van der Waals surface area contributed by atoms with Crippen LogP contribution in [0.3, 0.4) is 0 Å². The molecule has 0 aromatic heterocycles. The molecule has 0 saturated carbocycles. The normalized spacial score (nSPS) is 8.09. The van der Waals surface area contributed by atoms with Gasteiger partial charge in [-0.3, -0.25) is 0 Å². The van der Waals surface area contributed by atoms with Gasteiger partial charge in [0, 0.05) is 12.7 Å². The Morgan fingerprint density at radius 2 is 2.27 bits per heavy atom. The third kappa shape index (κ3) is 10.4. The zero-order chi connectivity index (χ0) is 7.82. The first kappa shape index (κ1) is 14.0. The standard InChI is InChI=1S/C7H12O3.Ca.2H/c1-2-7(9)10-6-4-3-5-8;;;/h2,8H,1,3-6H2;;;/q;+2;2*-1. The summed E-state index contributed by atoms with van der Waals surface area (Å²) in [4.78, 5) is 10.4. The molecule has 0 bridgehead atoms. The van der Waals surface area contributed by atoms with Crippen molar-refractivity contribution in [1.29, 1.82) is 0 Å². The number of carbonyl (C=O) groups is 1. The average Bonchev–Trinajstić information content (AvgIpc) is 1.98. The third-order valence-corrected chi connectivity index (χ3v) is 0.963. The molecule has 0 aliphatic heterocycles. The summed E-state index contributed by atoms with van der Waals surface area (Å²) in [5.74, 6) is -0.405. The molecule has 3 nitrogen and oxygen atoms in total. The molecule has 0 saturated heterocycles. The molecule has 0 rings (SSSR count). The Bertz CT molecular complexity index is 122. The van der Waals surface area contributed by atoms with Crippen LogP contribution in [0, 0.1) is 0 Å². The Balaban J connectivity index is -0.000000135. The van der Waals surface area contributed by atoms with E-state index >= 15 is 0 Å². The van der Waals surface area contributed by atoms with E-state index in [2.05, 4.69) is 11.3 Å². The molecule has 0 aliphatic carbocycles. The van der Waals surface area contributed by atoms with Crippen LogP contribution in [0.5, 0.6) is 0 Å². The van der Waals surface area contributed by atoms with E-state index in [-0.39, 0.29) is 47.2 Å². The first-order chi connectivity index (χ1) is 4.81. The van der Waals surface area contributed by atoms with E-state index in [9.17, 15) is 4.79 Å². The molecule has 0 aromatic carbocycles. The van der Waals surface area contributed by atoms with E-state index in [4.69, 9.17) is 5.11 Å². The molecule has 11 heavy (non-hydrogen) atoms. The number of ether oxygens (including phenoxy) is 1. The van der Waals surface area contributed by atoms with Crippen molar-refractivity contribution in [2.45, 2.75) is 12.8 Å². The molecule has 0 atom stereocenters. The van der Waals surface area contributed by atoms with Crippen LogP contribution in [0.4, 0.5) is 0 Å². The summed E-state index contributed by atoms with van der Waals surface area (Å²) in [6.07, 6.45) is 2.50. The summed E-state index contributed by atoms with van der Waals surface area (Å²) in [5, 5.41) is 8.33. The van der Waals surface area contributed by atoms with Crippen LogP contribution < -0.4 is 0 Å². The molecule has 0 aromatic rings. The van der Waals surface area contributed by atoms with E-state index in [0.717, 1.165) is 6.08 Å². The molecular formula is C7H14CaO3. The fourth-order valence-electron chi connectivity index (χ4n) is 0.446. The van der Waals surface area contributed by atoms with Gasteiger partial charge < -0.3 is 12.7 Å². The fraction of sp³-hybridized carbons (Fsp3) is 0.571. The van der Waals surface area contributed by atoms with Gasteiger partial charge in [-0.1, -0.05) is 6.58 Å². The van der Waals surface area contributed by atoms with Gasteiger partial charge in [0.15, 0.2) is 0 Å². The van der Waals surface area contributed by atoms with Crippen molar-refractivity contribution in [3.63, 3.8) is 0 Å². The third-order valence-electron chi connectivity index (χ3n) is 0.963. The number of unbranched alkanes of at least 4 members (excludes halogenated alkanes) is 1. The van der Waals surface area contributed by atoms with Gasteiger partial charge in [-0.2, -0.15) is 0 Å². The maximum atomic E-state index is 10.4. The van der Waals surface area contributed by atoms with Crippen LogP contribution in [0.1, 0.15) is 15.7 Å². The Morgan fingerprint density at radius 3 is 2.73 bits per heavy atom. The van der Waals surface area contributed by atoms with Crippen LogP contribution in [0.25, 0.3) is 0 Å². The Labute approximate surface area is 99.4 Å². The van der Waals surface area contributed by atoms with E-state index in [1.807, 2.05) is 0 Å². The second-order valence-electron chi connectivity index (χ2n) is 1.80. The van der Waals surface area contributed by atoms with E-state index in [0.29, 0.717) is 19.4 Å². The second kappa shape index (κ2) is 10.4. The van der Waals surface area contributed by atoms with Gasteiger partial charge in [0.2, 0.25) is 0 Å². The minimum absolute atomic E-state index is 0. The number of hydrogen-bond donors (Lipinski definition) is 1. The number of aliphatic hydroxyl groups excluding tert-OH is 1. The van der Waals surface area contributed by atoms with Crippen molar-refractivity contribution in [1.82, 2.24) is 0 Å². The van der Waals surface area contributed by atoms with Crippen molar-refractivity contribution >= 4 is 43.7 Å². The van der Waals surface area contributed by atoms with Crippen LogP contribution >= 0.6 is 0 Å². The fourth-order valence-corrected chi connectivity index (χ4v) is 0.446. The van der Waals surface area contributed by atoms with Gasteiger partial charge in [0.1, 0.15) is 0 Å².